The monoisotopic (exact) mass is 626 g/mol. The van der Waals surface area contributed by atoms with E-state index in [1.807, 2.05) is 91.0 Å². The molecule has 2 heterocycles. The van der Waals surface area contributed by atoms with Crippen LogP contribution in [-0.4, -0.2) is 64.5 Å². The average Bonchev–Trinajstić information content (AvgIpc) is 3.10. The van der Waals surface area contributed by atoms with Crippen LogP contribution in [0.5, 0.6) is 0 Å². The van der Waals surface area contributed by atoms with Crippen LogP contribution in [0.2, 0.25) is 0 Å². The molecule has 5 aromatic rings. The zero-order valence-corrected chi connectivity index (χ0v) is 27.0. The topological polar surface area (TPSA) is 85.8 Å². The van der Waals surface area contributed by atoms with E-state index in [0.29, 0.717) is 18.7 Å². The molecule has 1 amide bonds. The molecule has 7 heteroatoms. The molecule has 7 nitrogen and oxygen atoms in total. The maximum Gasteiger partial charge on any atom is 0.312 e. The van der Waals surface area contributed by atoms with Crippen molar-refractivity contribution in [2.45, 2.75) is 32.4 Å². The number of piperazine rings is 1. The number of para-hydroxylation sites is 1. The Bertz CT molecular complexity index is 1800. The normalized spacial score (nSPS) is 15.4. The summed E-state index contributed by atoms with van der Waals surface area (Å²) < 4.78 is 0. The molecule has 0 unspecified atom stereocenters. The van der Waals surface area contributed by atoms with Crippen LogP contribution < -0.4 is 5.32 Å². The Labute approximate surface area is 276 Å². The van der Waals surface area contributed by atoms with E-state index in [1.54, 1.807) is 0 Å². The van der Waals surface area contributed by atoms with E-state index in [0.717, 1.165) is 65.0 Å². The third kappa shape index (κ3) is 7.43. The highest BCUT2D eigenvalue weighted by Crippen LogP contribution is 2.33. The molecule has 0 saturated carbocycles. The molecule has 6 rings (SSSR count). The standard InChI is InChI=1S/C40H42N4O3/c1-28(2)37(30-16-8-4-9-17-30)42-39(45)36-32-20-12-13-21-35(32)41-38(31-18-10-5-11-19-31)34(36)27-44-24-22-43(23-25-44)26-33(40(46)47)29-14-6-3-7-15-29/h3-21,28,33,37H,22-27H2,1-2H3,(H,42,45)(H,46,47)/t33-,37+/m1/s1. The lowest BCUT2D eigenvalue weighted by Crippen LogP contribution is -2.48. The fourth-order valence-corrected chi connectivity index (χ4v) is 6.63. The van der Waals surface area contributed by atoms with Crippen molar-refractivity contribution in [3.63, 3.8) is 0 Å². The lowest BCUT2D eigenvalue weighted by atomic mass is 9.93. The lowest BCUT2D eigenvalue weighted by Gasteiger charge is -2.36. The number of hydrogen-bond donors (Lipinski definition) is 2. The smallest absolute Gasteiger partial charge is 0.312 e. The van der Waals surface area contributed by atoms with Gasteiger partial charge in [-0.1, -0.05) is 123 Å². The number of aromatic nitrogens is 1. The Morgan fingerprint density at radius 3 is 1.91 bits per heavy atom. The highest BCUT2D eigenvalue weighted by atomic mass is 16.4. The zero-order valence-electron chi connectivity index (χ0n) is 27.0. The van der Waals surface area contributed by atoms with Crippen molar-refractivity contribution in [3.8, 4) is 11.3 Å². The predicted molar refractivity (Wildman–Crippen MR) is 187 cm³/mol. The molecular weight excluding hydrogens is 584 g/mol. The number of amides is 1. The molecule has 0 bridgehead atoms. The quantitative estimate of drug-likeness (QED) is 0.164. The Kier molecular flexibility index (Phi) is 10.0. The summed E-state index contributed by atoms with van der Waals surface area (Å²) >= 11 is 0. The summed E-state index contributed by atoms with van der Waals surface area (Å²) in [5.41, 5.74) is 6.03. The van der Waals surface area contributed by atoms with Gasteiger partial charge in [-0.2, -0.15) is 0 Å². The lowest BCUT2D eigenvalue weighted by molar-refractivity contribution is -0.139. The molecule has 0 radical (unpaired) electrons. The van der Waals surface area contributed by atoms with Gasteiger partial charge in [0, 0.05) is 55.8 Å². The molecule has 4 aromatic carbocycles. The molecule has 1 aliphatic heterocycles. The maximum atomic E-state index is 14.5. The van der Waals surface area contributed by atoms with Gasteiger partial charge in [-0.15, -0.1) is 0 Å². The molecule has 1 aromatic heterocycles. The van der Waals surface area contributed by atoms with E-state index < -0.39 is 11.9 Å². The molecule has 240 valence electrons. The fraction of sp³-hybridized carbons (Fsp3) is 0.275. The SMILES string of the molecule is CC(C)[C@H](NC(=O)c1c(CN2CCN(C[C@@H](C(=O)O)c3ccccc3)CC2)c(-c2ccccc2)nc2ccccc12)c1ccccc1. The Balaban J connectivity index is 1.32. The second-order valence-corrected chi connectivity index (χ2v) is 12.7. The van der Waals surface area contributed by atoms with Crippen molar-refractivity contribution in [3.05, 3.63) is 138 Å². The van der Waals surface area contributed by atoms with Crippen molar-refractivity contribution in [2.24, 2.45) is 5.92 Å². The largest absolute Gasteiger partial charge is 0.481 e. The van der Waals surface area contributed by atoms with E-state index in [2.05, 4.69) is 53.2 Å². The first-order chi connectivity index (χ1) is 22.9. The number of pyridine rings is 1. The summed E-state index contributed by atoms with van der Waals surface area (Å²) in [5, 5.41) is 14.2. The van der Waals surface area contributed by atoms with Gasteiger partial charge in [0.15, 0.2) is 0 Å². The van der Waals surface area contributed by atoms with Crippen LogP contribution >= 0.6 is 0 Å². The van der Waals surface area contributed by atoms with Crippen LogP contribution in [0.1, 0.15) is 52.9 Å². The first-order valence-electron chi connectivity index (χ1n) is 16.4. The Morgan fingerprint density at radius 1 is 0.745 bits per heavy atom. The highest BCUT2D eigenvalue weighted by Gasteiger charge is 2.29. The molecule has 47 heavy (non-hydrogen) atoms. The van der Waals surface area contributed by atoms with Crippen LogP contribution in [0.15, 0.2) is 115 Å². The maximum absolute atomic E-state index is 14.5. The number of aliphatic carboxylic acids is 1. The predicted octanol–water partition coefficient (Wildman–Crippen LogP) is 7.01. The van der Waals surface area contributed by atoms with E-state index >= 15 is 0 Å². The number of fused-ring (bicyclic) bond motifs is 1. The van der Waals surface area contributed by atoms with Crippen molar-refractivity contribution < 1.29 is 14.7 Å². The number of nitrogens with zero attached hydrogens (tertiary/aromatic N) is 3. The molecule has 1 saturated heterocycles. The van der Waals surface area contributed by atoms with Crippen LogP contribution in [0, 0.1) is 5.92 Å². The average molecular weight is 627 g/mol. The molecule has 1 aliphatic rings. The first-order valence-corrected chi connectivity index (χ1v) is 16.4. The number of carboxylic acid groups (broad SMARTS) is 1. The Hall–Kier alpha value is -4.85. The minimum absolute atomic E-state index is 0.107. The van der Waals surface area contributed by atoms with Crippen LogP contribution in [0.25, 0.3) is 22.2 Å². The summed E-state index contributed by atoms with van der Waals surface area (Å²) in [7, 11) is 0. The van der Waals surface area contributed by atoms with Gasteiger partial charge < -0.3 is 10.4 Å². The van der Waals surface area contributed by atoms with E-state index in [1.165, 1.54) is 0 Å². The van der Waals surface area contributed by atoms with Gasteiger partial charge in [0.1, 0.15) is 0 Å². The number of carboxylic acids is 1. The van der Waals surface area contributed by atoms with Crippen molar-refractivity contribution in [1.82, 2.24) is 20.1 Å². The first kappa shape index (κ1) is 32.1. The summed E-state index contributed by atoms with van der Waals surface area (Å²) in [5.74, 6) is -1.31. The second-order valence-electron chi connectivity index (χ2n) is 12.7. The second kappa shape index (κ2) is 14.7. The molecule has 0 spiro atoms. The van der Waals surface area contributed by atoms with Crippen molar-refractivity contribution in [1.29, 1.82) is 0 Å². The third-order valence-corrected chi connectivity index (χ3v) is 9.17. The zero-order chi connectivity index (χ0) is 32.8. The number of rotatable bonds is 11. The van der Waals surface area contributed by atoms with Gasteiger partial charge in [-0.05, 0) is 23.1 Å². The number of benzene rings is 4. The number of carbonyl (C=O) groups is 2. The van der Waals surface area contributed by atoms with Crippen LogP contribution in [0.4, 0.5) is 0 Å². The van der Waals surface area contributed by atoms with Gasteiger partial charge in [0.25, 0.3) is 5.91 Å². The van der Waals surface area contributed by atoms with Crippen molar-refractivity contribution >= 4 is 22.8 Å². The van der Waals surface area contributed by atoms with Gasteiger partial charge in [-0.3, -0.25) is 19.4 Å². The summed E-state index contributed by atoms with van der Waals surface area (Å²) in [6.45, 7) is 8.26. The molecular formula is C40H42N4O3. The van der Waals surface area contributed by atoms with Gasteiger partial charge in [0.05, 0.1) is 28.7 Å². The van der Waals surface area contributed by atoms with E-state index in [9.17, 15) is 14.7 Å². The Morgan fingerprint density at radius 2 is 1.30 bits per heavy atom. The summed E-state index contributed by atoms with van der Waals surface area (Å²) in [6, 6.07) is 37.5. The van der Waals surface area contributed by atoms with Crippen LogP contribution in [-0.2, 0) is 11.3 Å². The minimum Gasteiger partial charge on any atom is -0.481 e. The molecule has 0 aliphatic carbocycles. The number of carbonyl (C=O) groups excluding carboxylic acids is 1. The van der Waals surface area contributed by atoms with Gasteiger partial charge in [-0.25, -0.2) is 4.98 Å². The number of nitrogens with one attached hydrogen (secondary N) is 1. The van der Waals surface area contributed by atoms with Gasteiger partial charge in [0.2, 0.25) is 0 Å². The molecule has 2 atom stereocenters. The third-order valence-electron chi connectivity index (χ3n) is 9.17. The molecule has 2 N–H and O–H groups in total. The summed E-state index contributed by atoms with van der Waals surface area (Å²) in [4.78, 5) is 36.5. The van der Waals surface area contributed by atoms with E-state index in [4.69, 9.17) is 4.98 Å². The molecule has 1 fully saturated rings. The number of hydrogen-bond acceptors (Lipinski definition) is 5. The van der Waals surface area contributed by atoms with Gasteiger partial charge >= 0.3 is 5.97 Å². The minimum atomic E-state index is -0.806. The van der Waals surface area contributed by atoms with E-state index in [-0.39, 0.29) is 17.9 Å². The summed E-state index contributed by atoms with van der Waals surface area (Å²) in [6.07, 6.45) is 0. The van der Waals surface area contributed by atoms with Crippen LogP contribution in [0.3, 0.4) is 0 Å². The van der Waals surface area contributed by atoms with Crippen molar-refractivity contribution in [2.75, 3.05) is 32.7 Å². The highest BCUT2D eigenvalue weighted by molar-refractivity contribution is 6.09. The fourth-order valence-electron chi connectivity index (χ4n) is 6.63.